The van der Waals surface area contributed by atoms with Crippen LogP contribution < -0.4 is 0 Å². The number of hydrogen-bond donors (Lipinski definition) is 0. The molecule has 0 atom stereocenters. The summed E-state index contributed by atoms with van der Waals surface area (Å²) in [5.41, 5.74) is 3.71. The third-order valence-electron chi connectivity index (χ3n) is 2.62. The van der Waals surface area contributed by atoms with Gasteiger partial charge in [-0.25, -0.2) is 0 Å². The average molecular weight is 233 g/mol. The molecule has 0 radical (unpaired) electrons. The molecule has 0 unspecified atom stereocenters. The number of rotatable bonds is 7. The maximum absolute atomic E-state index is 4.40. The van der Waals surface area contributed by atoms with E-state index in [0.717, 1.165) is 18.5 Å². The summed E-state index contributed by atoms with van der Waals surface area (Å²) in [5, 5.41) is 0. The first-order valence-corrected chi connectivity index (χ1v) is 6.70. The van der Waals surface area contributed by atoms with E-state index >= 15 is 0 Å². The Morgan fingerprint density at radius 2 is 1.71 bits per heavy atom. The highest BCUT2D eigenvalue weighted by atomic mass is 14.7. The fourth-order valence-corrected chi connectivity index (χ4v) is 1.64. The summed E-state index contributed by atoms with van der Waals surface area (Å²) in [6.07, 6.45) is 13.3. The van der Waals surface area contributed by atoms with Crippen LogP contribution in [0.1, 0.15) is 60.3 Å². The van der Waals surface area contributed by atoms with E-state index in [-0.39, 0.29) is 0 Å². The Labute approximate surface area is 107 Å². The van der Waals surface area contributed by atoms with Crippen molar-refractivity contribution >= 4 is 6.21 Å². The van der Waals surface area contributed by atoms with Gasteiger partial charge in [-0.05, 0) is 44.8 Å². The van der Waals surface area contributed by atoms with Crippen LogP contribution >= 0.6 is 0 Å². The van der Waals surface area contributed by atoms with Gasteiger partial charge in [-0.1, -0.05) is 44.9 Å². The summed E-state index contributed by atoms with van der Waals surface area (Å²) in [4.78, 5) is 4.40. The van der Waals surface area contributed by atoms with Crippen LogP contribution in [0.4, 0.5) is 0 Å². The molecule has 1 nitrogen and oxygen atoms in total. The molecule has 0 aliphatic heterocycles. The summed E-state index contributed by atoms with van der Waals surface area (Å²) >= 11 is 0. The smallest absolute Gasteiger partial charge is 0.0443 e. The van der Waals surface area contributed by atoms with Gasteiger partial charge in [0.15, 0.2) is 0 Å². The highest BCUT2D eigenvalue weighted by molar-refractivity contribution is 5.56. The second-order valence-electron chi connectivity index (χ2n) is 4.25. The molecule has 0 fully saturated rings. The molecular weight excluding hydrogens is 206 g/mol. The van der Waals surface area contributed by atoms with E-state index in [4.69, 9.17) is 0 Å². The number of aliphatic imine (C=N–C) groups is 1. The molecule has 0 bridgehead atoms. The van der Waals surface area contributed by atoms with Gasteiger partial charge in [0, 0.05) is 11.9 Å². The van der Waals surface area contributed by atoms with Crippen molar-refractivity contribution in [2.75, 3.05) is 0 Å². The largest absolute Gasteiger partial charge is 0.266 e. The van der Waals surface area contributed by atoms with Crippen LogP contribution in [0.25, 0.3) is 0 Å². The van der Waals surface area contributed by atoms with E-state index in [2.05, 4.69) is 50.9 Å². The molecule has 0 saturated carbocycles. The molecule has 96 valence electrons. The van der Waals surface area contributed by atoms with Gasteiger partial charge in [0.1, 0.15) is 0 Å². The zero-order valence-electron chi connectivity index (χ0n) is 12.1. The lowest BCUT2D eigenvalue weighted by Crippen LogP contribution is -1.87. The lowest BCUT2D eigenvalue weighted by molar-refractivity contribution is 0.947. The molecule has 0 saturated heterocycles. The standard InChI is InChI=1S/C16H27N/c1-6-9-11-13-16(15(5)17-8-3)14(4)12-10-7-2/h8,11-13H,6-7,9-10H2,1-5H3/b13-11-,14-12+,16-15-,17-8-. The zero-order valence-corrected chi connectivity index (χ0v) is 12.1. The second kappa shape index (κ2) is 10.1. The van der Waals surface area contributed by atoms with Gasteiger partial charge in [0.2, 0.25) is 0 Å². The predicted octanol–water partition coefficient (Wildman–Crippen LogP) is 5.45. The van der Waals surface area contributed by atoms with Crippen molar-refractivity contribution in [3.8, 4) is 0 Å². The molecule has 0 spiro atoms. The van der Waals surface area contributed by atoms with Crippen LogP contribution in [-0.2, 0) is 0 Å². The number of allylic oxidation sites excluding steroid dienone is 6. The van der Waals surface area contributed by atoms with Crippen molar-refractivity contribution in [2.45, 2.75) is 60.3 Å². The van der Waals surface area contributed by atoms with E-state index in [1.54, 1.807) is 0 Å². The summed E-state index contributed by atoms with van der Waals surface area (Å²) in [7, 11) is 0. The van der Waals surface area contributed by atoms with Crippen molar-refractivity contribution < 1.29 is 0 Å². The van der Waals surface area contributed by atoms with Gasteiger partial charge in [-0.15, -0.1) is 0 Å². The van der Waals surface area contributed by atoms with E-state index in [1.165, 1.54) is 24.0 Å². The van der Waals surface area contributed by atoms with Crippen LogP contribution in [0.5, 0.6) is 0 Å². The van der Waals surface area contributed by atoms with Crippen molar-refractivity contribution in [3.05, 3.63) is 35.1 Å². The molecule has 0 aromatic heterocycles. The van der Waals surface area contributed by atoms with E-state index < -0.39 is 0 Å². The third kappa shape index (κ3) is 6.93. The molecule has 0 aromatic carbocycles. The van der Waals surface area contributed by atoms with Crippen molar-refractivity contribution in [3.63, 3.8) is 0 Å². The molecule has 0 heterocycles. The third-order valence-corrected chi connectivity index (χ3v) is 2.62. The molecule has 1 heteroatoms. The Balaban J connectivity index is 5.04. The summed E-state index contributed by atoms with van der Waals surface area (Å²) in [6.45, 7) is 10.6. The Morgan fingerprint density at radius 1 is 1.06 bits per heavy atom. The van der Waals surface area contributed by atoms with Crippen LogP contribution in [0.3, 0.4) is 0 Å². The van der Waals surface area contributed by atoms with Gasteiger partial charge in [-0.3, -0.25) is 4.99 Å². The molecule has 17 heavy (non-hydrogen) atoms. The Morgan fingerprint density at radius 3 is 2.24 bits per heavy atom. The molecule has 0 aromatic rings. The minimum atomic E-state index is 1.10. The highest BCUT2D eigenvalue weighted by Gasteiger charge is 2.00. The molecule has 0 N–H and O–H groups in total. The Bertz CT molecular complexity index is 316. The van der Waals surface area contributed by atoms with Crippen LogP contribution in [0, 0.1) is 0 Å². The Hall–Kier alpha value is -1.11. The quantitative estimate of drug-likeness (QED) is 0.409. The lowest BCUT2D eigenvalue weighted by atomic mass is 10.0. The van der Waals surface area contributed by atoms with Gasteiger partial charge < -0.3 is 0 Å². The van der Waals surface area contributed by atoms with Crippen LogP contribution in [-0.4, -0.2) is 6.21 Å². The maximum atomic E-state index is 4.40. The Kier molecular flexibility index (Phi) is 9.41. The van der Waals surface area contributed by atoms with Gasteiger partial charge in [0.05, 0.1) is 0 Å². The van der Waals surface area contributed by atoms with Gasteiger partial charge in [0.25, 0.3) is 0 Å². The summed E-state index contributed by atoms with van der Waals surface area (Å²) in [6, 6.07) is 0. The second-order valence-corrected chi connectivity index (χ2v) is 4.25. The molecule has 0 amide bonds. The molecule has 0 rings (SSSR count). The zero-order chi connectivity index (χ0) is 13.1. The first-order valence-electron chi connectivity index (χ1n) is 6.70. The van der Waals surface area contributed by atoms with Crippen LogP contribution in [0.2, 0.25) is 0 Å². The van der Waals surface area contributed by atoms with Crippen molar-refractivity contribution in [2.24, 2.45) is 4.99 Å². The van der Waals surface area contributed by atoms with Crippen molar-refractivity contribution in [1.29, 1.82) is 0 Å². The van der Waals surface area contributed by atoms with E-state index in [0.29, 0.717) is 0 Å². The topological polar surface area (TPSA) is 12.4 Å². The normalized spacial score (nSPS) is 14.8. The van der Waals surface area contributed by atoms with Gasteiger partial charge in [-0.2, -0.15) is 0 Å². The molecule has 0 aliphatic rings. The summed E-state index contributed by atoms with van der Waals surface area (Å²) in [5.74, 6) is 0. The average Bonchev–Trinajstić information content (AvgIpc) is 2.32. The first kappa shape index (κ1) is 15.9. The first-order chi connectivity index (χ1) is 8.17. The number of hydrogen-bond acceptors (Lipinski definition) is 1. The lowest BCUT2D eigenvalue weighted by Gasteiger charge is -2.06. The maximum Gasteiger partial charge on any atom is 0.0443 e. The molecular formula is C16H27N. The molecule has 0 aliphatic carbocycles. The highest BCUT2D eigenvalue weighted by Crippen LogP contribution is 2.18. The van der Waals surface area contributed by atoms with Crippen molar-refractivity contribution in [1.82, 2.24) is 0 Å². The SMILES string of the molecule is C\C=N/C(C)=C(/C=C\CCC)C(\C)=C\CCC. The minimum Gasteiger partial charge on any atom is -0.266 e. The van der Waals surface area contributed by atoms with E-state index in [1.807, 2.05) is 13.1 Å². The monoisotopic (exact) mass is 233 g/mol. The van der Waals surface area contributed by atoms with E-state index in [9.17, 15) is 0 Å². The fraction of sp³-hybridized carbons (Fsp3) is 0.562. The number of nitrogens with zero attached hydrogens (tertiary/aromatic N) is 1. The summed E-state index contributed by atoms with van der Waals surface area (Å²) < 4.78 is 0. The fourth-order valence-electron chi connectivity index (χ4n) is 1.64. The minimum absolute atomic E-state index is 1.10. The number of unbranched alkanes of at least 4 members (excludes halogenated alkanes) is 2. The van der Waals surface area contributed by atoms with Crippen LogP contribution in [0.15, 0.2) is 40.1 Å². The predicted molar refractivity (Wildman–Crippen MR) is 79.6 cm³/mol. The van der Waals surface area contributed by atoms with Gasteiger partial charge >= 0.3 is 0 Å².